The second-order valence-electron chi connectivity index (χ2n) is 10.2. The predicted molar refractivity (Wildman–Crippen MR) is 170 cm³/mol. The van der Waals surface area contributed by atoms with E-state index in [-0.39, 0.29) is 0 Å². The van der Waals surface area contributed by atoms with Crippen LogP contribution in [0.15, 0.2) is 144 Å². The molecule has 8 aromatic rings. The summed E-state index contributed by atoms with van der Waals surface area (Å²) in [6.45, 7) is 0. The Balaban J connectivity index is 1.40. The summed E-state index contributed by atoms with van der Waals surface area (Å²) in [5, 5.41) is 1.04. The molecule has 0 bridgehead atoms. The molecule has 0 amide bonds. The van der Waals surface area contributed by atoms with E-state index in [1.165, 1.54) is 0 Å². The fourth-order valence-electron chi connectivity index (χ4n) is 5.33. The first-order valence-corrected chi connectivity index (χ1v) is 14.0. The van der Waals surface area contributed by atoms with Crippen LogP contribution in [0, 0.1) is 0 Å². The summed E-state index contributed by atoms with van der Waals surface area (Å²) < 4.78 is 6.47. The molecule has 0 aliphatic rings. The van der Waals surface area contributed by atoms with Gasteiger partial charge in [0, 0.05) is 45.0 Å². The summed E-state index contributed by atoms with van der Waals surface area (Å²) in [6.07, 6.45) is 1.81. The van der Waals surface area contributed by atoms with Crippen LogP contribution >= 0.6 is 0 Å². The zero-order valence-corrected chi connectivity index (χ0v) is 22.9. The summed E-state index contributed by atoms with van der Waals surface area (Å²) in [5.74, 6) is 2.30. The average Bonchev–Trinajstić information content (AvgIpc) is 3.53. The number of rotatable bonds is 5. The fourth-order valence-corrected chi connectivity index (χ4v) is 5.33. The molecular weight excluding hydrogens is 530 g/mol. The van der Waals surface area contributed by atoms with E-state index in [4.69, 9.17) is 29.3 Å². The highest BCUT2D eigenvalue weighted by molar-refractivity contribution is 6.03. The molecular formula is C37H23N5O. The molecule has 0 N–H and O–H groups in total. The normalized spacial score (nSPS) is 11.3. The van der Waals surface area contributed by atoms with Gasteiger partial charge in [0.05, 0.1) is 5.52 Å². The van der Waals surface area contributed by atoms with Gasteiger partial charge in [0.15, 0.2) is 23.1 Å². The SMILES string of the molecule is c1ccc(-c2nc(-c3ccccc3)nc(-c3cc(-c4cccc5cccnc45)c4oc(-c5ccccc5)nc4c3)n2)cc1. The van der Waals surface area contributed by atoms with Crippen molar-refractivity contribution >= 4 is 22.0 Å². The van der Waals surface area contributed by atoms with Crippen molar-refractivity contribution in [2.75, 3.05) is 0 Å². The lowest BCUT2D eigenvalue weighted by Crippen LogP contribution is -2.00. The van der Waals surface area contributed by atoms with Gasteiger partial charge < -0.3 is 4.42 Å². The lowest BCUT2D eigenvalue weighted by atomic mass is 9.98. The van der Waals surface area contributed by atoms with Crippen LogP contribution in [0.3, 0.4) is 0 Å². The van der Waals surface area contributed by atoms with Crippen LogP contribution in [-0.2, 0) is 0 Å². The van der Waals surface area contributed by atoms with Crippen LogP contribution in [0.4, 0.5) is 0 Å². The Kier molecular flexibility index (Phi) is 6.01. The molecule has 0 aliphatic heterocycles. The van der Waals surface area contributed by atoms with Crippen molar-refractivity contribution < 1.29 is 4.42 Å². The van der Waals surface area contributed by atoms with Crippen molar-refractivity contribution in [3.63, 3.8) is 0 Å². The number of nitrogens with zero attached hydrogens (tertiary/aromatic N) is 5. The van der Waals surface area contributed by atoms with Gasteiger partial charge in [0.25, 0.3) is 0 Å². The van der Waals surface area contributed by atoms with Crippen molar-refractivity contribution in [2.45, 2.75) is 0 Å². The van der Waals surface area contributed by atoms with Gasteiger partial charge in [-0.3, -0.25) is 4.98 Å². The molecule has 0 fully saturated rings. The number of aromatic nitrogens is 5. The van der Waals surface area contributed by atoms with Crippen LogP contribution in [0.1, 0.15) is 0 Å². The molecule has 5 aromatic carbocycles. The van der Waals surface area contributed by atoms with Gasteiger partial charge in [-0.1, -0.05) is 103 Å². The third-order valence-electron chi connectivity index (χ3n) is 7.39. The Hall–Kier alpha value is -6.01. The number of pyridine rings is 1. The number of para-hydroxylation sites is 1. The van der Waals surface area contributed by atoms with Crippen molar-refractivity contribution in [1.29, 1.82) is 0 Å². The first kappa shape index (κ1) is 24.8. The van der Waals surface area contributed by atoms with Crippen molar-refractivity contribution in [1.82, 2.24) is 24.9 Å². The quantitative estimate of drug-likeness (QED) is 0.212. The minimum absolute atomic E-state index is 0.549. The zero-order valence-electron chi connectivity index (χ0n) is 22.9. The van der Waals surface area contributed by atoms with Crippen LogP contribution in [-0.4, -0.2) is 24.9 Å². The lowest BCUT2D eigenvalue weighted by Gasteiger charge is -2.11. The monoisotopic (exact) mass is 553 g/mol. The van der Waals surface area contributed by atoms with Crippen LogP contribution < -0.4 is 0 Å². The largest absolute Gasteiger partial charge is 0.435 e. The van der Waals surface area contributed by atoms with Gasteiger partial charge in [-0.05, 0) is 30.3 Å². The van der Waals surface area contributed by atoms with E-state index in [0.29, 0.717) is 34.5 Å². The molecule has 0 spiro atoms. The maximum atomic E-state index is 6.47. The number of oxazole rings is 1. The second-order valence-corrected chi connectivity index (χ2v) is 10.2. The third-order valence-corrected chi connectivity index (χ3v) is 7.39. The number of benzene rings is 5. The van der Waals surface area contributed by atoms with Gasteiger partial charge in [-0.2, -0.15) is 0 Å². The molecule has 0 unspecified atom stereocenters. The Morgan fingerprint density at radius 3 is 1.67 bits per heavy atom. The number of hydrogen-bond donors (Lipinski definition) is 0. The first-order valence-electron chi connectivity index (χ1n) is 14.0. The van der Waals surface area contributed by atoms with Crippen LogP contribution in [0.25, 0.3) is 78.7 Å². The van der Waals surface area contributed by atoms with Crippen LogP contribution in [0.5, 0.6) is 0 Å². The average molecular weight is 554 g/mol. The highest BCUT2D eigenvalue weighted by atomic mass is 16.3. The first-order chi connectivity index (χ1) is 21.3. The highest BCUT2D eigenvalue weighted by Gasteiger charge is 2.20. The predicted octanol–water partition coefficient (Wildman–Crippen LogP) is 8.90. The van der Waals surface area contributed by atoms with Crippen molar-refractivity contribution in [3.05, 3.63) is 140 Å². The molecule has 43 heavy (non-hydrogen) atoms. The third kappa shape index (κ3) is 4.61. The van der Waals surface area contributed by atoms with E-state index < -0.39 is 0 Å². The van der Waals surface area contributed by atoms with E-state index >= 15 is 0 Å². The maximum absolute atomic E-state index is 6.47. The van der Waals surface area contributed by atoms with Crippen molar-refractivity contribution in [3.8, 4) is 56.7 Å². The van der Waals surface area contributed by atoms with Gasteiger partial charge >= 0.3 is 0 Å². The molecule has 0 radical (unpaired) electrons. The molecule has 8 rings (SSSR count). The molecule has 3 heterocycles. The minimum Gasteiger partial charge on any atom is -0.435 e. The Morgan fingerprint density at radius 2 is 1.02 bits per heavy atom. The van der Waals surface area contributed by atoms with Gasteiger partial charge in [0.2, 0.25) is 5.89 Å². The Labute approximate surface area is 247 Å². The number of hydrogen-bond acceptors (Lipinski definition) is 6. The van der Waals surface area contributed by atoms with Gasteiger partial charge in [-0.15, -0.1) is 0 Å². The van der Waals surface area contributed by atoms with Crippen LogP contribution in [0.2, 0.25) is 0 Å². The minimum atomic E-state index is 0.549. The summed E-state index contributed by atoms with van der Waals surface area (Å²) in [6, 6.07) is 44.1. The molecule has 6 heteroatoms. The van der Waals surface area contributed by atoms with Crippen molar-refractivity contribution in [2.24, 2.45) is 0 Å². The van der Waals surface area contributed by atoms with Gasteiger partial charge in [-0.25, -0.2) is 19.9 Å². The van der Waals surface area contributed by atoms with E-state index in [2.05, 4.69) is 24.3 Å². The molecule has 3 aromatic heterocycles. The molecule has 0 aliphatic carbocycles. The molecule has 0 saturated carbocycles. The smallest absolute Gasteiger partial charge is 0.227 e. The molecule has 6 nitrogen and oxygen atoms in total. The molecule has 0 saturated heterocycles. The summed E-state index contributed by atoms with van der Waals surface area (Å²) >= 11 is 0. The van der Waals surface area contributed by atoms with E-state index in [1.807, 2.05) is 115 Å². The van der Waals surface area contributed by atoms with E-state index in [0.717, 1.165) is 44.3 Å². The van der Waals surface area contributed by atoms with Gasteiger partial charge in [0.1, 0.15) is 5.52 Å². The standard InChI is InChI=1S/C37H23N5O/c1-4-12-25(13-5-1)34-40-35(26-14-6-2-7-15-26)42-36(41-34)28-22-30(29-20-10-18-24-19-11-21-38-32(24)29)33-31(23-28)39-37(43-33)27-16-8-3-9-17-27/h1-23H. The summed E-state index contributed by atoms with van der Waals surface area (Å²) in [5.41, 5.74) is 7.62. The molecule has 202 valence electrons. The maximum Gasteiger partial charge on any atom is 0.227 e. The van der Waals surface area contributed by atoms with E-state index in [1.54, 1.807) is 0 Å². The second kappa shape index (κ2) is 10.4. The van der Waals surface area contributed by atoms with E-state index in [9.17, 15) is 0 Å². The summed E-state index contributed by atoms with van der Waals surface area (Å²) in [7, 11) is 0. The molecule has 0 atom stereocenters. The Bertz CT molecular complexity index is 2170. The zero-order chi connectivity index (χ0) is 28.6. The fraction of sp³-hybridized carbons (Fsp3) is 0. The Morgan fingerprint density at radius 1 is 0.442 bits per heavy atom. The lowest BCUT2D eigenvalue weighted by molar-refractivity contribution is 0.621. The highest BCUT2D eigenvalue weighted by Crippen LogP contribution is 2.38. The topological polar surface area (TPSA) is 77.6 Å². The number of fused-ring (bicyclic) bond motifs is 2. The summed E-state index contributed by atoms with van der Waals surface area (Å²) in [4.78, 5) is 24.5.